The first-order valence-corrected chi connectivity index (χ1v) is 7.32. The third kappa shape index (κ3) is 4.58. The molecule has 0 aliphatic heterocycles. The summed E-state index contributed by atoms with van der Waals surface area (Å²) in [6, 6.07) is 14.3. The van der Waals surface area contributed by atoms with Crippen molar-refractivity contribution in [3.05, 3.63) is 65.5 Å². The lowest BCUT2D eigenvalue weighted by Gasteiger charge is -2.09. The Labute approximate surface area is 130 Å². The summed E-state index contributed by atoms with van der Waals surface area (Å²) in [7, 11) is 1.63. The molecule has 22 heavy (non-hydrogen) atoms. The van der Waals surface area contributed by atoms with Crippen molar-refractivity contribution in [3.63, 3.8) is 0 Å². The van der Waals surface area contributed by atoms with E-state index in [1.54, 1.807) is 25.3 Å². The molecule has 2 rings (SSSR count). The molecule has 1 N–H and O–H groups in total. The summed E-state index contributed by atoms with van der Waals surface area (Å²) in [5.41, 5.74) is 1.63. The van der Waals surface area contributed by atoms with Crippen LogP contribution in [0, 0.1) is 5.82 Å². The van der Waals surface area contributed by atoms with Crippen LogP contribution in [-0.4, -0.2) is 19.6 Å². The van der Waals surface area contributed by atoms with Gasteiger partial charge in [0.15, 0.2) is 0 Å². The van der Waals surface area contributed by atoms with E-state index < -0.39 is 0 Å². The predicted octanol–water partition coefficient (Wildman–Crippen LogP) is 3.13. The van der Waals surface area contributed by atoms with E-state index in [4.69, 9.17) is 4.74 Å². The second-order valence-corrected chi connectivity index (χ2v) is 5.00. The monoisotopic (exact) mass is 301 g/mol. The molecule has 0 saturated heterocycles. The van der Waals surface area contributed by atoms with Crippen molar-refractivity contribution in [3.8, 4) is 5.75 Å². The van der Waals surface area contributed by atoms with Gasteiger partial charge in [-0.2, -0.15) is 0 Å². The molecule has 116 valence electrons. The van der Waals surface area contributed by atoms with Crippen LogP contribution < -0.4 is 10.1 Å². The fourth-order valence-corrected chi connectivity index (χ4v) is 2.28. The molecule has 2 aromatic rings. The Balaban J connectivity index is 1.75. The van der Waals surface area contributed by atoms with Crippen molar-refractivity contribution in [1.29, 1.82) is 0 Å². The molecule has 0 atom stereocenters. The highest BCUT2D eigenvalue weighted by Gasteiger charge is 2.06. The third-order valence-electron chi connectivity index (χ3n) is 3.49. The molecule has 0 fully saturated rings. The molecule has 0 aromatic heterocycles. The van der Waals surface area contributed by atoms with Crippen LogP contribution in [0.15, 0.2) is 48.5 Å². The number of nitrogens with one attached hydrogen (secondary N) is 1. The smallest absolute Gasteiger partial charge is 0.220 e. The van der Waals surface area contributed by atoms with Crippen LogP contribution in [0.5, 0.6) is 5.75 Å². The highest BCUT2D eigenvalue weighted by atomic mass is 19.1. The molecule has 2 aromatic carbocycles. The van der Waals surface area contributed by atoms with Crippen molar-refractivity contribution in [2.75, 3.05) is 13.7 Å². The predicted molar refractivity (Wildman–Crippen MR) is 84.4 cm³/mol. The molecule has 3 nitrogen and oxygen atoms in total. The van der Waals surface area contributed by atoms with Gasteiger partial charge >= 0.3 is 0 Å². The topological polar surface area (TPSA) is 38.3 Å². The minimum absolute atomic E-state index is 0.0712. The van der Waals surface area contributed by atoms with Gasteiger partial charge < -0.3 is 10.1 Å². The Morgan fingerprint density at radius 2 is 1.73 bits per heavy atom. The molecule has 0 heterocycles. The number of methoxy groups -OCH3 is 1. The lowest BCUT2D eigenvalue weighted by atomic mass is 10.1. The fourth-order valence-electron chi connectivity index (χ4n) is 2.28. The second-order valence-electron chi connectivity index (χ2n) is 5.00. The van der Waals surface area contributed by atoms with E-state index in [-0.39, 0.29) is 18.1 Å². The highest BCUT2D eigenvalue weighted by molar-refractivity contribution is 5.76. The van der Waals surface area contributed by atoms with E-state index in [1.165, 1.54) is 6.07 Å². The molecule has 0 aliphatic rings. The van der Waals surface area contributed by atoms with Crippen molar-refractivity contribution >= 4 is 5.91 Å². The Morgan fingerprint density at radius 1 is 1.05 bits per heavy atom. The van der Waals surface area contributed by atoms with Crippen molar-refractivity contribution in [2.45, 2.75) is 19.3 Å². The summed E-state index contributed by atoms with van der Waals surface area (Å²) in [4.78, 5) is 11.8. The quantitative estimate of drug-likeness (QED) is 0.853. The molecular weight excluding hydrogens is 281 g/mol. The van der Waals surface area contributed by atoms with Crippen LogP contribution in [-0.2, 0) is 17.6 Å². The number of amides is 1. The number of ether oxygens (including phenoxy) is 1. The molecule has 4 heteroatoms. The molecule has 0 spiro atoms. The van der Waals surface area contributed by atoms with Crippen molar-refractivity contribution < 1.29 is 13.9 Å². The maximum absolute atomic E-state index is 13.5. The van der Waals surface area contributed by atoms with Crippen LogP contribution in [0.25, 0.3) is 0 Å². The van der Waals surface area contributed by atoms with Gasteiger partial charge in [-0.15, -0.1) is 0 Å². The van der Waals surface area contributed by atoms with E-state index in [0.29, 0.717) is 24.9 Å². The van der Waals surface area contributed by atoms with E-state index in [1.807, 2.05) is 24.3 Å². The number of carbonyl (C=O) groups excluding carboxylic acids is 1. The fraction of sp³-hybridized carbons (Fsp3) is 0.278. The van der Waals surface area contributed by atoms with Crippen LogP contribution in [0.4, 0.5) is 4.39 Å². The molecule has 0 bridgehead atoms. The molecule has 0 aliphatic carbocycles. The zero-order valence-electron chi connectivity index (χ0n) is 12.6. The number of para-hydroxylation sites is 1. The average Bonchev–Trinajstić information content (AvgIpc) is 2.54. The summed E-state index contributed by atoms with van der Waals surface area (Å²) in [6.45, 7) is 0.538. The Hall–Kier alpha value is -2.36. The van der Waals surface area contributed by atoms with Gasteiger partial charge in [0.25, 0.3) is 0 Å². The average molecular weight is 301 g/mol. The molecule has 0 radical (unpaired) electrons. The first-order chi connectivity index (χ1) is 10.7. The molecule has 1 amide bonds. The summed E-state index contributed by atoms with van der Waals surface area (Å²) >= 11 is 0. The Morgan fingerprint density at radius 3 is 2.45 bits per heavy atom. The lowest BCUT2D eigenvalue weighted by molar-refractivity contribution is -0.121. The Kier molecular flexibility index (Phi) is 5.95. The maximum atomic E-state index is 13.5. The summed E-state index contributed by atoms with van der Waals surface area (Å²) in [5.74, 6) is 0.491. The number of aryl methyl sites for hydroxylation is 1. The minimum Gasteiger partial charge on any atom is -0.496 e. The maximum Gasteiger partial charge on any atom is 0.220 e. The number of halogens is 1. The molecule has 0 saturated carbocycles. The van der Waals surface area contributed by atoms with Gasteiger partial charge in [0.1, 0.15) is 11.6 Å². The number of carbonyl (C=O) groups is 1. The van der Waals surface area contributed by atoms with Crippen LogP contribution in [0.3, 0.4) is 0 Å². The minimum atomic E-state index is -0.260. The Bertz CT molecular complexity index is 628. The summed E-state index contributed by atoms with van der Waals surface area (Å²) in [6.07, 6.45) is 1.40. The van der Waals surface area contributed by atoms with E-state index >= 15 is 0 Å². The van der Waals surface area contributed by atoms with Gasteiger partial charge in [0.2, 0.25) is 5.91 Å². The van der Waals surface area contributed by atoms with E-state index in [9.17, 15) is 9.18 Å². The van der Waals surface area contributed by atoms with Crippen LogP contribution in [0.1, 0.15) is 17.5 Å². The zero-order valence-corrected chi connectivity index (χ0v) is 12.6. The number of benzene rings is 2. The molecule has 0 unspecified atom stereocenters. The van der Waals surface area contributed by atoms with Crippen molar-refractivity contribution in [1.82, 2.24) is 5.32 Å². The van der Waals surface area contributed by atoms with Gasteiger partial charge in [-0.3, -0.25) is 4.79 Å². The van der Waals surface area contributed by atoms with E-state index in [0.717, 1.165) is 11.3 Å². The first kappa shape index (κ1) is 16.0. The second kappa shape index (κ2) is 8.17. The number of hydrogen-bond donors (Lipinski definition) is 1. The molecular formula is C18H20FNO2. The van der Waals surface area contributed by atoms with Gasteiger partial charge in [0, 0.05) is 13.0 Å². The first-order valence-electron chi connectivity index (χ1n) is 7.32. The standard InChI is InChI=1S/C18H20FNO2/c1-22-17-9-5-3-7-15(17)12-13-20-18(21)11-10-14-6-2-4-8-16(14)19/h2-9H,10-13H2,1H3,(H,20,21). The highest BCUT2D eigenvalue weighted by Crippen LogP contribution is 2.17. The van der Waals surface area contributed by atoms with Gasteiger partial charge in [-0.05, 0) is 36.1 Å². The SMILES string of the molecule is COc1ccccc1CCNC(=O)CCc1ccccc1F. The normalized spacial score (nSPS) is 10.3. The van der Waals surface area contributed by atoms with E-state index in [2.05, 4.69) is 5.32 Å². The summed E-state index contributed by atoms with van der Waals surface area (Å²) < 4.78 is 18.7. The van der Waals surface area contributed by atoms with Gasteiger partial charge in [-0.1, -0.05) is 36.4 Å². The van der Waals surface area contributed by atoms with Gasteiger partial charge in [-0.25, -0.2) is 4.39 Å². The van der Waals surface area contributed by atoms with Crippen molar-refractivity contribution in [2.24, 2.45) is 0 Å². The third-order valence-corrected chi connectivity index (χ3v) is 3.49. The number of hydrogen-bond acceptors (Lipinski definition) is 2. The van der Waals surface area contributed by atoms with Gasteiger partial charge in [0.05, 0.1) is 7.11 Å². The van der Waals surface area contributed by atoms with Crippen LogP contribution >= 0.6 is 0 Å². The zero-order chi connectivity index (χ0) is 15.8. The largest absolute Gasteiger partial charge is 0.496 e. The van der Waals surface area contributed by atoms with Crippen LogP contribution in [0.2, 0.25) is 0 Å². The summed E-state index contributed by atoms with van der Waals surface area (Å²) in [5, 5.41) is 2.86. The lowest BCUT2D eigenvalue weighted by Crippen LogP contribution is -2.26. The number of rotatable bonds is 7.